The Morgan fingerprint density at radius 2 is 2.40 bits per heavy atom. The summed E-state index contributed by atoms with van der Waals surface area (Å²) in [5.74, 6) is 0.670. The second kappa shape index (κ2) is 4.27. The maximum absolute atomic E-state index is 11.7. The molecule has 1 aromatic rings. The van der Waals surface area contributed by atoms with E-state index >= 15 is 0 Å². The Bertz CT molecular complexity index is 387. The van der Waals surface area contributed by atoms with Crippen LogP contribution in [0.25, 0.3) is 0 Å². The second-order valence-electron chi connectivity index (χ2n) is 3.60. The van der Waals surface area contributed by atoms with Crippen molar-refractivity contribution in [3.8, 4) is 0 Å². The van der Waals surface area contributed by atoms with Crippen LogP contribution in [0.4, 0.5) is 0 Å². The number of ether oxygens (including phenoxy) is 1. The van der Waals surface area contributed by atoms with Gasteiger partial charge in [0.15, 0.2) is 0 Å². The summed E-state index contributed by atoms with van der Waals surface area (Å²) < 4.78 is 5.09. The molecule has 1 aromatic carbocycles. The van der Waals surface area contributed by atoms with Crippen molar-refractivity contribution in [2.24, 2.45) is 0 Å². The summed E-state index contributed by atoms with van der Waals surface area (Å²) in [4.78, 5) is 13.0. The molecule has 15 heavy (non-hydrogen) atoms. The average Bonchev–Trinajstić information content (AvgIpc) is 2.63. The van der Waals surface area contributed by atoms with Gasteiger partial charge in [-0.15, -0.1) is 11.8 Å². The minimum Gasteiger partial charge on any atom is -0.465 e. The molecule has 1 aliphatic heterocycles. The van der Waals surface area contributed by atoms with Gasteiger partial charge in [-0.3, -0.25) is 4.79 Å². The third kappa shape index (κ3) is 1.88. The van der Waals surface area contributed by atoms with Crippen LogP contribution in [0, 0.1) is 6.92 Å². The van der Waals surface area contributed by atoms with Crippen molar-refractivity contribution in [2.45, 2.75) is 24.7 Å². The number of aryl methyl sites for hydroxylation is 1. The molecule has 0 aromatic heterocycles. The minimum absolute atomic E-state index is 0.0638. The summed E-state index contributed by atoms with van der Waals surface area (Å²) in [6.45, 7) is 4.36. The molecule has 2 rings (SSSR count). The molecule has 0 amide bonds. The van der Waals surface area contributed by atoms with Gasteiger partial charge in [0.1, 0.15) is 0 Å². The van der Waals surface area contributed by atoms with Crippen LogP contribution in [0.5, 0.6) is 0 Å². The first-order valence-electron chi connectivity index (χ1n) is 5.13. The Labute approximate surface area is 94.0 Å². The Kier molecular flexibility index (Phi) is 3.00. The lowest BCUT2D eigenvalue weighted by atomic mass is 9.97. The Morgan fingerprint density at radius 1 is 1.60 bits per heavy atom. The first kappa shape index (κ1) is 10.6. The number of hydrogen-bond acceptors (Lipinski definition) is 3. The molecule has 80 valence electrons. The molecule has 1 aliphatic rings. The highest BCUT2D eigenvalue weighted by Gasteiger charge is 2.31. The van der Waals surface area contributed by atoms with Crippen molar-refractivity contribution in [1.82, 2.24) is 0 Å². The smallest absolute Gasteiger partial charge is 0.314 e. The molecular formula is C12H14O2S. The maximum Gasteiger partial charge on any atom is 0.314 e. The average molecular weight is 222 g/mol. The summed E-state index contributed by atoms with van der Waals surface area (Å²) in [5, 5.41) is 0. The summed E-state index contributed by atoms with van der Waals surface area (Å²) in [7, 11) is 0. The largest absolute Gasteiger partial charge is 0.465 e. The van der Waals surface area contributed by atoms with Crippen molar-refractivity contribution < 1.29 is 9.53 Å². The first-order valence-corrected chi connectivity index (χ1v) is 6.11. The maximum atomic E-state index is 11.7. The summed E-state index contributed by atoms with van der Waals surface area (Å²) in [6.07, 6.45) is 0. The molecule has 0 radical (unpaired) electrons. The summed E-state index contributed by atoms with van der Waals surface area (Å²) >= 11 is 1.74. The lowest BCUT2D eigenvalue weighted by Crippen LogP contribution is -2.16. The fourth-order valence-corrected chi connectivity index (χ4v) is 3.19. The van der Waals surface area contributed by atoms with Crippen LogP contribution < -0.4 is 0 Å². The van der Waals surface area contributed by atoms with E-state index in [9.17, 15) is 4.79 Å². The van der Waals surface area contributed by atoms with Crippen LogP contribution in [-0.4, -0.2) is 18.3 Å². The number of esters is 1. The zero-order chi connectivity index (χ0) is 10.8. The number of hydrogen-bond donors (Lipinski definition) is 0. The number of rotatable bonds is 2. The van der Waals surface area contributed by atoms with Crippen molar-refractivity contribution in [3.63, 3.8) is 0 Å². The van der Waals surface area contributed by atoms with Gasteiger partial charge >= 0.3 is 5.97 Å². The zero-order valence-electron chi connectivity index (χ0n) is 8.95. The normalized spacial score (nSPS) is 18.7. The van der Waals surface area contributed by atoms with E-state index in [1.807, 2.05) is 13.0 Å². The summed E-state index contributed by atoms with van der Waals surface area (Å²) in [6, 6.07) is 6.16. The number of carbonyl (C=O) groups excluding carboxylic acids is 1. The zero-order valence-corrected chi connectivity index (χ0v) is 9.76. The third-order valence-corrected chi connectivity index (χ3v) is 3.78. The molecule has 0 aliphatic carbocycles. The minimum atomic E-state index is -0.0851. The molecule has 0 spiro atoms. The van der Waals surface area contributed by atoms with Crippen LogP contribution in [0.1, 0.15) is 24.0 Å². The molecule has 1 unspecified atom stereocenters. The van der Waals surface area contributed by atoms with E-state index in [-0.39, 0.29) is 11.9 Å². The molecular weight excluding hydrogens is 208 g/mol. The number of benzene rings is 1. The third-order valence-electron chi connectivity index (χ3n) is 2.61. The number of thioether (sulfide) groups is 1. The van der Waals surface area contributed by atoms with Crippen molar-refractivity contribution in [2.75, 3.05) is 12.4 Å². The first-order chi connectivity index (χ1) is 7.24. The van der Waals surface area contributed by atoms with Gasteiger partial charge in [-0.1, -0.05) is 12.1 Å². The lowest BCUT2D eigenvalue weighted by molar-refractivity contribution is -0.144. The van der Waals surface area contributed by atoms with Gasteiger partial charge in [0, 0.05) is 10.6 Å². The number of fused-ring (bicyclic) bond motifs is 1. The topological polar surface area (TPSA) is 26.3 Å². The highest BCUT2D eigenvalue weighted by atomic mass is 32.2. The van der Waals surface area contributed by atoms with Gasteiger partial charge in [-0.25, -0.2) is 0 Å². The van der Waals surface area contributed by atoms with E-state index in [0.717, 1.165) is 5.75 Å². The fourth-order valence-electron chi connectivity index (χ4n) is 1.91. The van der Waals surface area contributed by atoms with Gasteiger partial charge in [0.25, 0.3) is 0 Å². The molecule has 0 bridgehead atoms. The Morgan fingerprint density at radius 3 is 3.13 bits per heavy atom. The van der Waals surface area contributed by atoms with E-state index in [4.69, 9.17) is 4.74 Å². The molecule has 3 heteroatoms. The highest BCUT2D eigenvalue weighted by Crippen LogP contribution is 2.41. The van der Waals surface area contributed by atoms with Crippen LogP contribution in [-0.2, 0) is 9.53 Å². The van der Waals surface area contributed by atoms with Crippen LogP contribution in [0.15, 0.2) is 23.1 Å². The van der Waals surface area contributed by atoms with Crippen LogP contribution in [0.2, 0.25) is 0 Å². The molecule has 1 heterocycles. The molecule has 2 nitrogen and oxygen atoms in total. The molecule has 0 fully saturated rings. The monoisotopic (exact) mass is 222 g/mol. The Hall–Kier alpha value is -0.960. The molecule has 1 atom stereocenters. The molecule has 0 N–H and O–H groups in total. The van der Waals surface area contributed by atoms with Crippen molar-refractivity contribution >= 4 is 17.7 Å². The second-order valence-corrected chi connectivity index (χ2v) is 4.66. The predicted molar refractivity (Wildman–Crippen MR) is 61.3 cm³/mol. The van der Waals surface area contributed by atoms with Gasteiger partial charge in [-0.05, 0) is 31.0 Å². The lowest BCUT2D eigenvalue weighted by Gasteiger charge is -2.11. The van der Waals surface area contributed by atoms with Gasteiger partial charge in [0.05, 0.1) is 12.5 Å². The van der Waals surface area contributed by atoms with Gasteiger partial charge in [-0.2, -0.15) is 0 Å². The van der Waals surface area contributed by atoms with Crippen molar-refractivity contribution in [1.29, 1.82) is 0 Å². The van der Waals surface area contributed by atoms with Crippen LogP contribution in [0.3, 0.4) is 0 Å². The van der Waals surface area contributed by atoms with E-state index in [0.29, 0.717) is 6.61 Å². The quantitative estimate of drug-likeness (QED) is 0.720. The van der Waals surface area contributed by atoms with Crippen LogP contribution >= 0.6 is 11.8 Å². The van der Waals surface area contributed by atoms with Gasteiger partial charge < -0.3 is 4.74 Å². The highest BCUT2D eigenvalue weighted by molar-refractivity contribution is 7.99. The van der Waals surface area contributed by atoms with E-state index in [2.05, 4.69) is 19.1 Å². The number of carbonyl (C=O) groups is 1. The van der Waals surface area contributed by atoms with E-state index < -0.39 is 0 Å². The SMILES string of the molecule is CCOC(=O)C1CSc2cccc(C)c21. The Balaban J connectivity index is 2.31. The standard InChI is InChI=1S/C12H14O2S/c1-3-14-12(13)9-7-15-10-6-4-5-8(2)11(9)10/h4-6,9H,3,7H2,1-2H3. The fraction of sp³-hybridized carbons (Fsp3) is 0.417. The molecule has 0 saturated carbocycles. The van der Waals surface area contributed by atoms with Crippen molar-refractivity contribution in [3.05, 3.63) is 29.3 Å². The van der Waals surface area contributed by atoms with E-state index in [1.165, 1.54) is 16.0 Å². The predicted octanol–water partition coefficient (Wildman–Crippen LogP) is 2.75. The summed E-state index contributed by atoms with van der Waals surface area (Å²) in [5.41, 5.74) is 2.36. The van der Waals surface area contributed by atoms with Gasteiger partial charge in [0.2, 0.25) is 0 Å². The molecule has 0 saturated heterocycles. The van der Waals surface area contributed by atoms with E-state index in [1.54, 1.807) is 11.8 Å².